The molecule has 0 aromatic heterocycles. The van der Waals surface area contributed by atoms with Crippen molar-refractivity contribution in [3.63, 3.8) is 0 Å². The summed E-state index contributed by atoms with van der Waals surface area (Å²) < 4.78 is 11.7. The lowest BCUT2D eigenvalue weighted by molar-refractivity contribution is -0.155. The highest BCUT2D eigenvalue weighted by atomic mass is 16.5. The van der Waals surface area contributed by atoms with E-state index in [0.717, 1.165) is 37.9 Å². The number of hydrogen-bond donors (Lipinski definition) is 1. The fourth-order valence-corrected chi connectivity index (χ4v) is 4.39. The van der Waals surface area contributed by atoms with Gasteiger partial charge in [-0.2, -0.15) is 0 Å². The second-order valence-electron chi connectivity index (χ2n) is 7.63. The predicted octanol–water partition coefficient (Wildman–Crippen LogP) is 2.09. The second-order valence-corrected chi connectivity index (χ2v) is 7.63. The summed E-state index contributed by atoms with van der Waals surface area (Å²) in [6.45, 7) is 2.07. The molecule has 1 aliphatic carbocycles. The maximum atomic E-state index is 12.5. The molecular weight excluding hydrogens is 318 g/mol. The van der Waals surface area contributed by atoms with Crippen molar-refractivity contribution in [3.8, 4) is 5.75 Å². The molecule has 2 fully saturated rings. The van der Waals surface area contributed by atoms with Gasteiger partial charge < -0.3 is 19.5 Å². The maximum Gasteiger partial charge on any atom is 0.260 e. The van der Waals surface area contributed by atoms with Crippen LogP contribution < -0.4 is 4.74 Å². The van der Waals surface area contributed by atoms with Gasteiger partial charge in [0.15, 0.2) is 6.61 Å². The van der Waals surface area contributed by atoms with Gasteiger partial charge in [0, 0.05) is 26.1 Å². The van der Waals surface area contributed by atoms with Crippen molar-refractivity contribution >= 4 is 5.91 Å². The molecule has 4 rings (SSSR count). The largest absolute Gasteiger partial charge is 0.484 e. The van der Waals surface area contributed by atoms with E-state index < -0.39 is 0 Å². The van der Waals surface area contributed by atoms with Gasteiger partial charge in [-0.25, -0.2) is 0 Å². The fourth-order valence-electron chi connectivity index (χ4n) is 4.39. The minimum absolute atomic E-state index is 0.0340. The third-order valence-electron chi connectivity index (χ3n) is 5.93. The van der Waals surface area contributed by atoms with Crippen LogP contribution in [0.5, 0.6) is 5.75 Å². The number of fused-ring (bicyclic) bond motifs is 1. The molecule has 1 spiro atoms. The van der Waals surface area contributed by atoms with Crippen LogP contribution in [0.25, 0.3) is 0 Å². The number of carbonyl (C=O) groups is 1. The summed E-state index contributed by atoms with van der Waals surface area (Å²) in [6, 6.07) is 6.18. The zero-order chi connectivity index (χ0) is 17.3. The average Bonchev–Trinajstić information content (AvgIpc) is 3.08. The molecule has 1 atom stereocenters. The Labute approximate surface area is 148 Å². The van der Waals surface area contributed by atoms with Crippen molar-refractivity contribution in [3.05, 3.63) is 29.3 Å². The summed E-state index contributed by atoms with van der Waals surface area (Å²) in [5.41, 5.74) is 2.54. The molecule has 1 aromatic rings. The topological polar surface area (TPSA) is 59.0 Å². The Hall–Kier alpha value is -1.59. The van der Waals surface area contributed by atoms with E-state index >= 15 is 0 Å². The fraction of sp³-hybridized carbons (Fsp3) is 0.650. The molecule has 1 N–H and O–H groups in total. The Balaban J connectivity index is 1.28. The SMILES string of the molecule is O=C(COc1ccc2c(c1)CCC2)N1CCC2(CC1)CC(O)CCO2. The third-order valence-corrected chi connectivity index (χ3v) is 5.93. The van der Waals surface area contributed by atoms with Crippen LogP contribution in [0.3, 0.4) is 0 Å². The van der Waals surface area contributed by atoms with Gasteiger partial charge in [-0.3, -0.25) is 4.79 Å². The number of aryl methyl sites for hydroxylation is 2. The van der Waals surface area contributed by atoms with Gasteiger partial charge >= 0.3 is 0 Å². The first-order chi connectivity index (χ1) is 12.1. The number of benzene rings is 1. The Kier molecular flexibility index (Phi) is 4.69. The highest BCUT2D eigenvalue weighted by molar-refractivity contribution is 5.77. The second kappa shape index (κ2) is 6.96. The molecule has 136 valence electrons. The van der Waals surface area contributed by atoms with E-state index in [0.29, 0.717) is 26.1 Å². The molecule has 2 heterocycles. The predicted molar refractivity (Wildman–Crippen MR) is 93.7 cm³/mol. The van der Waals surface area contributed by atoms with E-state index in [9.17, 15) is 9.90 Å². The molecule has 2 aliphatic heterocycles. The minimum atomic E-state index is -0.265. The number of aliphatic hydroxyl groups is 1. The van der Waals surface area contributed by atoms with Gasteiger partial charge in [-0.1, -0.05) is 6.07 Å². The number of ether oxygens (including phenoxy) is 2. The van der Waals surface area contributed by atoms with Gasteiger partial charge in [-0.15, -0.1) is 0 Å². The molecular formula is C20H27NO4. The average molecular weight is 345 g/mol. The van der Waals surface area contributed by atoms with E-state index in [4.69, 9.17) is 9.47 Å². The Morgan fingerprint density at radius 2 is 2.08 bits per heavy atom. The first kappa shape index (κ1) is 16.9. The van der Waals surface area contributed by atoms with E-state index in [-0.39, 0.29) is 24.2 Å². The zero-order valence-corrected chi connectivity index (χ0v) is 14.7. The van der Waals surface area contributed by atoms with Crippen LogP contribution in [0.4, 0.5) is 0 Å². The van der Waals surface area contributed by atoms with Gasteiger partial charge in [0.2, 0.25) is 0 Å². The Morgan fingerprint density at radius 1 is 1.28 bits per heavy atom. The van der Waals surface area contributed by atoms with Crippen molar-refractivity contribution in [2.24, 2.45) is 0 Å². The van der Waals surface area contributed by atoms with E-state index in [2.05, 4.69) is 12.1 Å². The van der Waals surface area contributed by atoms with Gasteiger partial charge in [0.05, 0.1) is 11.7 Å². The maximum absolute atomic E-state index is 12.5. The smallest absolute Gasteiger partial charge is 0.260 e. The van der Waals surface area contributed by atoms with E-state index in [1.54, 1.807) is 0 Å². The lowest BCUT2D eigenvalue weighted by Gasteiger charge is -2.45. The van der Waals surface area contributed by atoms with Crippen molar-refractivity contribution < 1.29 is 19.4 Å². The monoisotopic (exact) mass is 345 g/mol. The summed E-state index contributed by atoms with van der Waals surface area (Å²) in [6.07, 6.45) is 6.23. The number of hydrogen-bond acceptors (Lipinski definition) is 4. The van der Waals surface area contributed by atoms with Crippen LogP contribution in [-0.4, -0.2) is 53.9 Å². The zero-order valence-electron chi connectivity index (χ0n) is 14.7. The van der Waals surface area contributed by atoms with Crippen molar-refractivity contribution in [1.82, 2.24) is 4.90 Å². The standard InChI is InChI=1S/C20H27NO4/c22-17-6-11-25-20(13-17)7-9-21(10-8-20)19(23)14-24-18-5-4-15-2-1-3-16(15)12-18/h4-5,12,17,22H,1-3,6-11,13-14H2. The summed E-state index contributed by atoms with van der Waals surface area (Å²) in [4.78, 5) is 14.3. The van der Waals surface area contributed by atoms with Crippen LogP contribution in [0, 0.1) is 0 Å². The van der Waals surface area contributed by atoms with E-state index in [1.807, 2.05) is 11.0 Å². The first-order valence-electron chi connectivity index (χ1n) is 9.48. The number of aliphatic hydroxyl groups excluding tert-OH is 1. The van der Waals surface area contributed by atoms with Crippen molar-refractivity contribution in [2.75, 3.05) is 26.3 Å². The van der Waals surface area contributed by atoms with Crippen LogP contribution >= 0.6 is 0 Å². The molecule has 1 aromatic carbocycles. The number of carbonyl (C=O) groups excluding carboxylic acids is 1. The molecule has 3 aliphatic rings. The van der Waals surface area contributed by atoms with E-state index in [1.165, 1.54) is 17.5 Å². The molecule has 5 heteroatoms. The van der Waals surface area contributed by atoms with Gasteiger partial charge in [0.25, 0.3) is 5.91 Å². The minimum Gasteiger partial charge on any atom is -0.484 e. The molecule has 1 amide bonds. The summed E-state index contributed by atoms with van der Waals surface area (Å²) in [5.74, 6) is 0.827. The molecule has 0 bridgehead atoms. The highest BCUT2D eigenvalue weighted by Crippen LogP contribution is 2.35. The van der Waals surface area contributed by atoms with Crippen LogP contribution in [0.1, 0.15) is 43.2 Å². The van der Waals surface area contributed by atoms with Crippen molar-refractivity contribution in [1.29, 1.82) is 0 Å². The van der Waals surface area contributed by atoms with Gasteiger partial charge in [-0.05, 0) is 61.8 Å². The quantitative estimate of drug-likeness (QED) is 0.911. The lowest BCUT2D eigenvalue weighted by Crippen LogP contribution is -2.52. The molecule has 2 saturated heterocycles. The molecule has 0 radical (unpaired) electrons. The first-order valence-corrected chi connectivity index (χ1v) is 9.48. The lowest BCUT2D eigenvalue weighted by atomic mass is 9.83. The van der Waals surface area contributed by atoms with Crippen LogP contribution in [0.2, 0.25) is 0 Å². The summed E-state index contributed by atoms with van der Waals surface area (Å²) in [7, 11) is 0. The summed E-state index contributed by atoms with van der Waals surface area (Å²) >= 11 is 0. The van der Waals surface area contributed by atoms with Crippen LogP contribution in [0.15, 0.2) is 18.2 Å². The van der Waals surface area contributed by atoms with Crippen molar-refractivity contribution in [2.45, 2.75) is 56.7 Å². The third kappa shape index (κ3) is 3.67. The Bertz CT molecular complexity index is 637. The number of piperidine rings is 1. The number of rotatable bonds is 3. The molecule has 1 unspecified atom stereocenters. The number of amides is 1. The molecule has 5 nitrogen and oxygen atoms in total. The van der Waals surface area contributed by atoms with Crippen LogP contribution in [-0.2, 0) is 22.4 Å². The Morgan fingerprint density at radius 3 is 2.88 bits per heavy atom. The highest BCUT2D eigenvalue weighted by Gasteiger charge is 2.40. The normalized spacial score (nSPS) is 25.0. The molecule has 25 heavy (non-hydrogen) atoms. The van der Waals surface area contributed by atoms with Gasteiger partial charge in [0.1, 0.15) is 5.75 Å². The molecule has 0 saturated carbocycles. The summed E-state index contributed by atoms with van der Waals surface area (Å²) in [5, 5.41) is 9.90. The number of nitrogens with zero attached hydrogens (tertiary/aromatic N) is 1. The number of likely N-dealkylation sites (tertiary alicyclic amines) is 1.